The molecule has 3 aromatic carbocycles. The Bertz CT molecular complexity index is 1410. The first-order valence-electron chi connectivity index (χ1n) is 10.9. The van der Waals surface area contributed by atoms with Gasteiger partial charge >= 0.3 is 6.03 Å². The van der Waals surface area contributed by atoms with Gasteiger partial charge < -0.3 is 19.9 Å². The van der Waals surface area contributed by atoms with Crippen LogP contribution in [0.3, 0.4) is 0 Å². The molecular weight excluding hydrogens is 450 g/mol. The van der Waals surface area contributed by atoms with E-state index in [1.165, 1.54) is 0 Å². The summed E-state index contributed by atoms with van der Waals surface area (Å²) in [5.41, 5.74) is 4.58. The molecule has 0 radical (unpaired) electrons. The predicted molar refractivity (Wildman–Crippen MR) is 137 cm³/mol. The van der Waals surface area contributed by atoms with Crippen molar-refractivity contribution < 1.29 is 9.53 Å². The summed E-state index contributed by atoms with van der Waals surface area (Å²) in [4.78, 5) is 30.8. The lowest BCUT2D eigenvalue weighted by molar-refractivity contribution is 0.206. The lowest BCUT2D eigenvalue weighted by atomic mass is 10.0. The number of nitrogens with one attached hydrogen (secondary N) is 2. The predicted octanol–water partition coefficient (Wildman–Crippen LogP) is 6.04. The maximum Gasteiger partial charge on any atom is 0.322 e. The molecule has 0 fully saturated rings. The molecule has 0 saturated carbocycles. The van der Waals surface area contributed by atoms with Gasteiger partial charge in [0.05, 0.1) is 19.3 Å². The van der Waals surface area contributed by atoms with E-state index in [1.54, 1.807) is 30.2 Å². The van der Waals surface area contributed by atoms with Gasteiger partial charge in [-0.3, -0.25) is 4.79 Å². The normalized spacial score (nSPS) is 10.8. The highest BCUT2D eigenvalue weighted by atomic mass is 35.5. The molecule has 6 nitrogen and oxygen atoms in total. The van der Waals surface area contributed by atoms with Crippen LogP contribution in [0.2, 0.25) is 5.02 Å². The van der Waals surface area contributed by atoms with Gasteiger partial charge in [-0.2, -0.15) is 0 Å². The number of nitrogens with zero attached hydrogens (tertiary/aromatic N) is 1. The summed E-state index contributed by atoms with van der Waals surface area (Å²) in [5, 5.41) is 4.37. The molecule has 4 rings (SSSR count). The molecule has 1 aromatic heterocycles. The fourth-order valence-electron chi connectivity index (χ4n) is 3.82. The second-order valence-corrected chi connectivity index (χ2v) is 8.63. The Morgan fingerprint density at radius 1 is 0.971 bits per heavy atom. The van der Waals surface area contributed by atoms with Crippen LogP contribution in [0.5, 0.6) is 5.75 Å². The van der Waals surface area contributed by atoms with E-state index < -0.39 is 0 Å². The lowest BCUT2D eigenvalue weighted by Crippen LogP contribution is -2.36. The van der Waals surface area contributed by atoms with Crippen LogP contribution in [-0.4, -0.2) is 23.0 Å². The Kier molecular flexibility index (Phi) is 6.89. The summed E-state index contributed by atoms with van der Waals surface area (Å²) < 4.78 is 5.36. The van der Waals surface area contributed by atoms with Crippen molar-refractivity contribution in [2.24, 2.45) is 0 Å². The summed E-state index contributed by atoms with van der Waals surface area (Å²) in [6.07, 6.45) is 0. The van der Waals surface area contributed by atoms with Crippen molar-refractivity contribution in [1.82, 2.24) is 9.88 Å². The number of para-hydroxylation sites is 2. The number of methoxy groups -OCH3 is 1. The average molecular weight is 476 g/mol. The van der Waals surface area contributed by atoms with E-state index in [-0.39, 0.29) is 24.7 Å². The van der Waals surface area contributed by atoms with Crippen LogP contribution < -0.4 is 15.6 Å². The van der Waals surface area contributed by atoms with Gasteiger partial charge in [-0.25, -0.2) is 4.79 Å². The summed E-state index contributed by atoms with van der Waals surface area (Å²) in [7, 11) is 1.55. The van der Waals surface area contributed by atoms with Crippen molar-refractivity contribution in [1.29, 1.82) is 0 Å². The first kappa shape index (κ1) is 23.4. The molecule has 0 spiro atoms. The molecule has 7 heteroatoms. The number of aromatic amines is 1. The lowest BCUT2D eigenvalue weighted by Gasteiger charge is -2.24. The molecule has 174 valence electrons. The number of ether oxygens (including phenoxy) is 1. The molecular formula is C27H26ClN3O3. The number of carbonyl (C=O) groups excluding carboxylic acids is 1. The van der Waals surface area contributed by atoms with E-state index in [4.69, 9.17) is 16.3 Å². The number of urea groups is 1. The minimum absolute atomic E-state index is 0.102. The van der Waals surface area contributed by atoms with E-state index in [0.29, 0.717) is 22.0 Å². The first-order valence-corrected chi connectivity index (χ1v) is 11.3. The molecule has 2 amide bonds. The molecule has 0 aliphatic heterocycles. The second-order valence-electron chi connectivity index (χ2n) is 8.23. The number of aromatic nitrogens is 1. The number of pyridine rings is 1. The number of aryl methyl sites for hydroxylation is 2. The maximum atomic E-state index is 13.4. The van der Waals surface area contributed by atoms with E-state index in [1.807, 2.05) is 62.4 Å². The molecule has 0 aliphatic rings. The van der Waals surface area contributed by atoms with Gasteiger partial charge in [-0.1, -0.05) is 41.9 Å². The van der Waals surface area contributed by atoms with Crippen LogP contribution in [0, 0.1) is 13.8 Å². The standard InChI is InChI=1S/C27H26ClN3O3/c1-17-12-20-14-21(26(32)29-24(20)13-18(17)2)16-31(15-19-8-4-5-9-22(19)28)27(33)30-23-10-6-7-11-25(23)34-3/h4-14H,15-16H2,1-3H3,(H,29,32)(H,30,33). The number of hydrogen-bond acceptors (Lipinski definition) is 3. The van der Waals surface area contributed by atoms with E-state index in [9.17, 15) is 9.59 Å². The second kappa shape index (κ2) is 10.0. The number of anilines is 1. The average Bonchev–Trinajstić information content (AvgIpc) is 2.82. The van der Waals surface area contributed by atoms with Crippen molar-refractivity contribution in [3.8, 4) is 5.75 Å². The SMILES string of the molecule is COc1ccccc1NC(=O)N(Cc1ccccc1Cl)Cc1cc2cc(C)c(C)cc2[nH]c1=O. The minimum Gasteiger partial charge on any atom is -0.495 e. The number of halogens is 1. The van der Waals surface area contributed by atoms with Crippen LogP contribution >= 0.6 is 11.6 Å². The van der Waals surface area contributed by atoms with E-state index >= 15 is 0 Å². The molecule has 0 aliphatic carbocycles. The zero-order chi connectivity index (χ0) is 24.2. The van der Waals surface area contributed by atoms with Crippen LogP contribution in [0.4, 0.5) is 10.5 Å². The van der Waals surface area contributed by atoms with Gasteiger partial charge in [0.15, 0.2) is 0 Å². The summed E-state index contributed by atoms with van der Waals surface area (Å²) in [5.74, 6) is 0.544. The molecule has 0 saturated heterocycles. The number of carbonyl (C=O) groups is 1. The summed E-state index contributed by atoms with van der Waals surface area (Å²) in [6.45, 7) is 4.37. The first-order chi connectivity index (χ1) is 16.4. The maximum absolute atomic E-state index is 13.4. The van der Waals surface area contributed by atoms with Gasteiger partial charge in [0.1, 0.15) is 5.75 Å². The van der Waals surface area contributed by atoms with Gasteiger partial charge in [-0.15, -0.1) is 0 Å². The van der Waals surface area contributed by atoms with Gasteiger partial charge in [-0.05, 0) is 72.3 Å². The number of rotatable bonds is 6. The largest absolute Gasteiger partial charge is 0.495 e. The smallest absolute Gasteiger partial charge is 0.322 e. The molecule has 2 N–H and O–H groups in total. The van der Waals surface area contributed by atoms with Gasteiger partial charge in [0, 0.05) is 22.6 Å². The fourth-order valence-corrected chi connectivity index (χ4v) is 4.01. The number of benzene rings is 3. The highest BCUT2D eigenvalue weighted by Gasteiger charge is 2.19. The number of H-pyrrole nitrogens is 1. The third-order valence-corrected chi connectivity index (χ3v) is 6.22. The third kappa shape index (κ3) is 5.07. The van der Waals surface area contributed by atoms with Crippen molar-refractivity contribution in [3.63, 3.8) is 0 Å². The Hall–Kier alpha value is -3.77. The number of fused-ring (bicyclic) bond motifs is 1. The number of hydrogen-bond donors (Lipinski definition) is 2. The fraction of sp³-hybridized carbons (Fsp3) is 0.185. The topological polar surface area (TPSA) is 74.4 Å². The Morgan fingerprint density at radius 2 is 1.65 bits per heavy atom. The molecule has 1 heterocycles. The van der Waals surface area contributed by atoms with Crippen LogP contribution in [0.25, 0.3) is 10.9 Å². The molecule has 4 aromatic rings. The highest BCUT2D eigenvalue weighted by Crippen LogP contribution is 2.25. The van der Waals surface area contributed by atoms with E-state index in [0.717, 1.165) is 27.6 Å². The highest BCUT2D eigenvalue weighted by molar-refractivity contribution is 6.31. The van der Waals surface area contributed by atoms with Crippen molar-refractivity contribution in [3.05, 3.63) is 104 Å². The summed E-state index contributed by atoms with van der Waals surface area (Å²) in [6, 6.07) is 20.0. The van der Waals surface area contributed by atoms with Gasteiger partial charge in [0.25, 0.3) is 5.56 Å². The quantitative estimate of drug-likeness (QED) is 0.357. The van der Waals surface area contributed by atoms with Crippen molar-refractivity contribution in [2.45, 2.75) is 26.9 Å². The monoisotopic (exact) mass is 475 g/mol. The molecule has 0 bridgehead atoms. The van der Waals surface area contributed by atoms with Crippen molar-refractivity contribution >= 4 is 34.2 Å². The number of amides is 2. The Balaban J connectivity index is 1.70. The van der Waals surface area contributed by atoms with E-state index in [2.05, 4.69) is 10.3 Å². The van der Waals surface area contributed by atoms with Crippen LogP contribution in [0.15, 0.2) is 71.5 Å². The Labute approximate surface area is 203 Å². The molecule has 34 heavy (non-hydrogen) atoms. The van der Waals surface area contributed by atoms with Crippen LogP contribution in [-0.2, 0) is 13.1 Å². The summed E-state index contributed by atoms with van der Waals surface area (Å²) >= 11 is 6.38. The van der Waals surface area contributed by atoms with Crippen molar-refractivity contribution in [2.75, 3.05) is 12.4 Å². The van der Waals surface area contributed by atoms with Crippen LogP contribution in [0.1, 0.15) is 22.3 Å². The zero-order valence-corrected chi connectivity index (χ0v) is 20.1. The molecule has 0 unspecified atom stereocenters. The Morgan fingerprint density at radius 3 is 2.41 bits per heavy atom. The third-order valence-electron chi connectivity index (χ3n) is 5.85. The minimum atomic E-state index is -0.371. The zero-order valence-electron chi connectivity index (χ0n) is 19.3. The van der Waals surface area contributed by atoms with Gasteiger partial charge in [0.2, 0.25) is 0 Å². The molecule has 0 atom stereocenters.